The van der Waals surface area contributed by atoms with Crippen LogP contribution >= 0.6 is 0 Å². The van der Waals surface area contributed by atoms with E-state index in [1.165, 1.54) is 30.3 Å². The average Bonchev–Trinajstić information content (AvgIpc) is 2.44. The van der Waals surface area contributed by atoms with Crippen molar-refractivity contribution in [2.45, 2.75) is 6.92 Å². The molecule has 0 N–H and O–H groups in total. The molecule has 0 amide bonds. The van der Waals surface area contributed by atoms with Gasteiger partial charge in [0.15, 0.2) is 0 Å². The van der Waals surface area contributed by atoms with E-state index in [2.05, 4.69) is 4.74 Å². The lowest BCUT2D eigenvalue weighted by atomic mass is 10.1. The normalized spacial score (nSPS) is 10.8. The number of carbonyl (C=O) groups excluding carboxylic acids is 2. The van der Waals surface area contributed by atoms with Crippen LogP contribution in [-0.2, 0) is 19.1 Å². The molecule has 1 aromatic rings. The van der Waals surface area contributed by atoms with Gasteiger partial charge >= 0.3 is 11.9 Å². The molecule has 0 aromatic heterocycles. The molecule has 0 saturated carbocycles. The minimum Gasteiger partial charge on any atom is -0.465 e. The van der Waals surface area contributed by atoms with Gasteiger partial charge < -0.3 is 9.47 Å². The second kappa shape index (κ2) is 7.03. The third-order valence-electron chi connectivity index (χ3n) is 2.32. The van der Waals surface area contributed by atoms with E-state index in [-0.39, 0.29) is 17.9 Å². The van der Waals surface area contributed by atoms with Crippen molar-refractivity contribution in [2.75, 3.05) is 13.7 Å². The lowest BCUT2D eigenvalue weighted by molar-refractivity contribution is -0.384. The molecule has 0 bridgehead atoms. The second-order valence-electron chi connectivity index (χ2n) is 3.62. The average molecular weight is 279 g/mol. The maximum Gasteiger partial charge on any atom is 0.345 e. The van der Waals surface area contributed by atoms with Crippen molar-refractivity contribution >= 4 is 23.7 Å². The predicted molar refractivity (Wildman–Crippen MR) is 69.7 cm³/mol. The van der Waals surface area contributed by atoms with Crippen LogP contribution < -0.4 is 0 Å². The standard InChI is InChI=1S/C13H13NO6/c1-3-20-13(16)11(12(15)19-2)8-9-4-6-10(7-5-9)14(17)18/h4-8H,3H2,1-2H3/b11-8-. The number of esters is 2. The van der Waals surface area contributed by atoms with Crippen LogP contribution in [0, 0.1) is 10.1 Å². The molecule has 0 heterocycles. The summed E-state index contributed by atoms with van der Waals surface area (Å²) < 4.78 is 9.24. The van der Waals surface area contributed by atoms with E-state index in [4.69, 9.17) is 4.74 Å². The molecule has 0 aliphatic rings. The van der Waals surface area contributed by atoms with E-state index < -0.39 is 16.9 Å². The van der Waals surface area contributed by atoms with Crippen molar-refractivity contribution < 1.29 is 24.0 Å². The van der Waals surface area contributed by atoms with Gasteiger partial charge in [0, 0.05) is 12.1 Å². The second-order valence-corrected chi connectivity index (χ2v) is 3.62. The fourth-order valence-electron chi connectivity index (χ4n) is 1.38. The first-order valence-corrected chi connectivity index (χ1v) is 5.71. The summed E-state index contributed by atoms with van der Waals surface area (Å²) in [5.74, 6) is -1.64. The van der Waals surface area contributed by atoms with Crippen molar-refractivity contribution in [1.29, 1.82) is 0 Å². The molecular weight excluding hydrogens is 266 g/mol. The molecule has 7 heteroatoms. The van der Waals surface area contributed by atoms with Crippen LogP contribution in [0.4, 0.5) is 5.69 Å². The minimum atomic E-state index is -0.832. The Labute approximate surface area is 114 Å². The minimum absolute atomic E-state index is 0.0853. The highest BCUT2D eigenvalue weighted by Crippen LogP contribution is 2.15. The SMILES string of the molecule is CCOC(=O)/C(=C\c1ccc([N+](=O)[O-])cc1)C(=O)OC. The summed E-state index contributed by atoms with van der Waals surface area (Å²) in [6, 6.07) is 5.37. The number of rotatable bonds is 5. The van der Waals surface area contributed by atoms with Gasteiger partial charge in [-0.3, -0.25) is 10.1 Å². The fraction of sp³-hybridized carbons (Fsp3) is 0.231. The number of hydrogen-bond donors (Lipinski definition) is 0. The molecule has 0 radical (unpaired) electrons. The van der Waals surface area contributed by atoms with Crippen molar-refractivity contribution in [2.24, 2.45) is 0 Å². The number of hydrogen-bond acceptors (Lipinski definition) is 6. The summed E-state index contributed by atoms with van der Waals surface area (Å²) in [6.07, 6.45) is 1.26. The van der Waals surface area contributed by atoms with E-state index in [1.54, 1.807) is 6.92 Å². The molecule has 106 valence electrons. The number of carbonyl (C=O) groups is 2. The molecule has 0 aliphatic heterocycles. The van der Waals surface area contributed by atoms with Gasteiger partial charge in [-0.15, -0.1) is 0 Å². The van der Waals surface area contributed by atoms with Gasteiger partial charge in [0.05, 0.1) is 18.6 Å². The number of benzene rings is 1. The Kier molecular flexibility index (Phi) is 5.40. The highest BCUT2D eigenvalue weighted by molar-refractivity contribution is 6.17. The van der Waals surface area contributed by atoms with Gasteiger partial charge in [-0.2, -0.15) is 0 Å². The number of nitro benzene ring substituents is 1. The van der Waals surface area contributed by atoms with Gasteiger partial charge in [0.1, 0.15) is 5.57 Å². The van der Waals surface area contributed by atoms with Gasteiger partial charge in [-0.25, -0.2) is 9.59 Å². The van der Waals surface area contributed by atoms with Crippen LogP contribution in [0.25, 0.3) is 6.08 Å². The molecule has 7 nitrogen and oxygen atoms in total. The molecule has 0 spiro atoms. The largest absolute Gasteiger partial charge is 0.465 e. The predicted octanol–water partition coefficient (Wildman–Crippen LogP) is 1.71. The molecule has 1 rings (SSSR count). The Balaban J connectivity index is 3.09. The first-order chi connectivity index (χ1) is 9.49. The molecule has 0 aliphatic carbocycles. The van der Waals surface area contributed by atoms with Gasteiger partial charge in [0.2, 0.25) is 0 Å². The Morgan fingerprint density at radius 3 is 2.30 bits per heavy atom. The molecule has 0 unspecified atom stereocenters. The smallest absolute Gasteiger partial charge is 0.345 e. The molecular formula is C13H13NO6. The summed E-state index contributed by atoms with van der Waals surface area (Å²) in [5, 5.41) is 10.5. The van der Waals surface area contributed by atoms with E-state index >= 15 is 0 Å². The topological polar surface area (TPSA) is 95.7 Å². The molecule has 0 atom stereocenters. The Bertz CT molecular complexity index is 546. The Morgan fingerprint density at radius 1 is 1.25 bits per heavy atom. The van der Waals surface area contributed by atoms with Crippen molar-refractivity contribution in [3.05, 3.63) is 45.5 Å². The summed E-state index contributed by atoms with van der Waals surface area (Å²) in [5.41, 5.74) is 0.0881. The van der Waals surface area contributed by atoms with Crippen LogP contribution in [-0.4, -0.2) is 30.6 Å². The van der Waals surface area contributed by atoms with Crippen molar-refractivity contribution in [1.82, 2.24) is 0 Å². The highest BCUT2D eigenvalue weighted by atomic mass is 16.6. The third kappa shape index (κ3) is 3.91. The van der Waals surface area contributed by atoms with E-state index in [0.717, 1.165) is 7.11 Å². The fourth-order valence-corrected chi connectivity index (χ4v) is 1.38. The lowest BCUT2D eigenvalue weighted by Gasteiger charge is -2.05. The van der Waals surface area contributed by atoms with Crippen LogP contribution in [0.1, 0.15) is 12.5 Å². The van der Waals surface area contributed by atoms with Crippen LogP contribution in [0.5, 0.6) is 0 Å². The quantitative estimate of drug-likeness (QED) is 0.203. The van der Waals surface area contributed by atoms with Crippen LogP contribution in [0.15, 0.2) is 29.8 Å². The monoisotopic (exact) mass is 279 g/mol. The van der Waals surface area contributed by atoms with Crippen molar-refractivity contribution in [3.8, 4) is 0 Å². The Morgan fingerprint density at radius 2 is 1.85 bits per heavy atom. The maximum absolute atomic E-state index is 11.6. The molecule has 1 aromatic carbocycles. The van der Waals surface area contributed by atoms with Crippen LogP contribution in [0.3, 0.4) is 0 Å². The number of methoxy groups -OCH3 is 1. The number of non-ortho nitro benzene ring substituents is 1. The third-order valence-corrected chi connectivity index (χ3v) is 2.32. The van der Waals surface area contributed by atoms with Crippen molar-refractivity contribution in [3.63, 3.8) is 0 Å². The lowest BCUT2D eigenvalue weighted by Crippen LogP contribution is -2.17. The highest BCUT2D eigenvalue weighted by Gasteiger charge is 2.20. The van der Waals surface area contributed by atoms with Gasteiger partial charge in [-0.1, -0.05) is 0 Å². The zero-order chi connectivity index (χ0) is 15.1. The first kappa shape index (κ1) is 15.4. The maximum atomic E-state index is 11.6. The summed E-state index contributed by atoms with van der Waals surface area (Å²) >= 11 is 0. The van der Waals surface area contributed by atoms with Crippen LogP contribution in [0.2, 0.25) is 0 Å². The van der Waals surface area contributed by atoms with E-state index in [9.17, 15) is 19.7 Å². The summed E-state index contributed by atoms with van der Waals surface area (Å²) in [7, 11) is 1.14. The number of ether oxygens (including phenoxy) is 2. The van der Waals surface area contributed by atoms with Gasteiger partial charge in [0.25, 0.3) is 5.69 Å². The number of nitrogens with zero attached hydrogens (tertiary/aromatic N) is 1. The zero-order valence-corrected chi connectivity index (χ0v) is 11.0. The van der Waals surface area contributed by atoms with Gasteiger partial charge in [-0.05, 0) is 30.7 Å². The summed E-state index contributed by atoms with van der Waals surface area (Å²) in [4.78, 5) is 33.1. The molecule has 0 saturated heterocycles. The van der Waals surface area contributed by atoms with E-state index in [1.807, 2.05) is 0 Å². The Hall–Kier alpha value is -2.70. The molecule has 0 fully saturated rings. The zero-order valence-electron chi connectivity index (χ0n) is 11.0. The number of nitro groups is 1. The van der Waals surface area contributed by atoms with E-state index in [0.29, 0.717) is 5.56 Å². The molecule has 20 heavy (non-hydrogen) atoms. The summed E-state index contributed by atoms with van der Waals surface area (Å²) in [6.45, 7) is 1.73. The first-order valence-electron chi connectivity index (χ1n) is 5.71.